The Morgan fingerprint density at radius 2 is 2.04 bits per heavy atom. The Morgan fingerprint density at radius 1 is 1.33 bits per heavy atom. The molecule has 144 valence electrons. The number of fused-ring (bicyclic) bond motifs is 5. The van der Waals surface area contributed by atoms with E-state index in [-0.39, 0.29) is 34.7 Å². The summed E-state index contributed by atoms with van der Waals surface area (Å²) in [6.07, 6.45) is 3.18. The summed E-state index contributed by atoms with van der Waals surface area (Å²) in [5, 5.41) is 6.59. The Bertz CT molecular complexity index is 818. The molecule has 2 amide bonds. The number of allylic oxidation sites excluding steroid dienone is 1. The van der Waals surface area contributed by atoms with Crippen molar-refractivity contribution < 1.29 is 9.59 Å². The monoisotopic (exact) mass is 367 g/mol. The molecule has 1 aromatic carbocycles. The lowest BCUT2D eigenvalue weighted by Crippen LogP contribution is -2.65. The zero-order valence-corrected chi connectivity index (χ0v) is 16.6. The molecule has 2 fully saturated rings. The standard InChI is InChI=1S/C22H29N3O2/c1-6-13(3)17-19(27)25-16(18(26)24-17)12-22(21(4,5)7-2)14-10-8-9-11-15(14)23-20(22)25/h7-11,13,16-17,20,23H,2,6,12H2,1,3-5H3,(H,24,26)/t13-,16+,17-,20+,22-/m1/s1. The van der Waals surface area contributed by atoms with Crippen molar-refractivity contribution in [3.63, 3.8) is 0 Å². The molecule has 27 heavy (non-hydrogen) atoms. The summed E-state index contributed by atoms with van der Waals surface area (Å²) < 4.78 is 0. The van der Waals surface area contributed by atoms with Crippen LogP contribution in [0.25, 0.3) is 0 Å². The number of piperazine rings is 1. The predicted octanol–water partition coefficient (Wildman–Crippen LogP) is 3.03. The minimum absolute atomic E-state index is 0.0287. The van der Waals surface area contributed by atoms with Gasteiger partial charge in [0.25, 0.3) is 0 Å². The molecule has 1 aromatic rings. The number of carbonyl (C=O) groups excluding carboxylic acids is 2. The van der Waals surface area contributed by atoms with E-state index in [2.05, 4.69) is 50.1 Å². The van der Waals surface area contributed by atoms with E-state index in [0.29, 0.717) is 6.42 Å². The molecule has 5 atom stereocenters. The third-order valence-corrected chi connectivity index (χ3v) is 7.29. The van der Waals surface area contributed by atoms with Gasteiger partial charge in [0.2, 0.25) is 11.8 Å². The van der Waals surface area contributed by atoms with Crippen molar-refractivity contribution in [2.45, 2.75) is 64.2 Å². The molecule has 0 aliphatic carbocycles. The molecule has 3 aliphatic rings. The minimum atomic E-state index is -0.452. The fraction of sp³-hybridized carbons (Fsp3) is 0.545. The summed E-state index contributed by atoms with van der Waals surface area (Å²) in [6, 6.07) is 7.33. The Balaban J connectivity index is 1.86. The van der Waals surface area contributed by atoms with Crippen molar-refractivity contribution in [1.29, 1.82) is 0 Å². The molecular weight excluding hydrogens is 338 g/mol. The highest BCUT2D eigenvalue weighted by Gasteiger charge is 2.67. The highest BCUT2D eigenvalue weighted by Crippen LogP contribution is 2.60. The molecule has 5 heteroatoms. The lowest BCUT2D eigenvalue weighted by Gasteiger charge is -2.44. The number of nitrogens with zero attached hydrogens (tertiary/aromatic N) is 1. The number of benzene rings is 1. The molecule has 0 aromatic heterocycles. The average molecular weight is 367 g/mol. The number of para-hydroxylation sites is 1. The van der Waals surface area contributed by atoms with Gasteiger partial charge in [0.15, 0.2) is 0 Å². The lowest BCUT2D eigenvalue weighted by molar-refractivity contribution is -0.150. The third kappa shape index (κ3) is 2.17. The van der Waals surface area contributed by atoms with Crippen LogP contribution in [0.1, 0.15) is 46.1 Å². The van der Waals surface area contributed by atoms with Crippen LogP contribution in [0, 0.1) is 11.3 Å². The molecule has 3 heterocycles. The van der Waals surface area contributed by atoms with Crippen LogP contribution in [0.2, 0.25) is 0 Å². The number of anilines is 1. The molecule has 4 rings (SSSR count). The van der Waals surface area contributed by atoms with Crippen LogP contribution in [0.4, 0.5) is 5.69 Å². The van der Waals surface area contributed by atoms with Crippen molar-refractivity contribution in [1.82, 2.24) is 10.2 Å². The van der Waals surface area contributed by atoms with Crippen molar-refractivity contribution in [3.8, 4) is 0 Å². The number of rotatable bonds is 4. The number of nitrogens with one attached hydrogen (secondary N) is 2. The van der Waals surface area contributed by atoms with Gasteiger partial charge in [-0.2, -0.15) is 0 Å². The molecule has 0 radical (unpaired) electrons. The lowest BCUT2D eigenvalue weighted by atomic mass is 9.60. The molecule has 0 bridgehead atoms. The van der Waals surface area contributed by atoms with Gasteiger partial charge in [-0.15, -0.1) is 6.58 Å². The van der Waals surface area contributed by atoms with Crippen molar-refractivity contribution in [2.24, 2.45) is 11.3 Å². The van der Waals surface area contributed by atoms with Crippen LogP contribution in [-0.4, -0.2) is 35.0 Å². The van der Waals surface area contributed by atoms with Gasteiger partial charge in [-0.25, -0.2) is 0 Å². The number of hydrogen-bond donors (Lipinski definition) is 2. The Labute approximate surface area is 161 Å². The van der Waals surface area contributed by atoms with E-state index in [9.17, 15) is 9.59 Å². The first-order valence-corrected chi connectivity index (χ1v) is 9.90. The SMILES string of the molecule is C=CC(C)(C)[C@@]12C[C@H]3C(=O)N[C@H]([C@H](C)CC)C(=O)N3[C@@H]1Nc1ccccc12. The number of carbonyl (C=O) groups is 2. The van der Waals surface area contributed by atoms with Crippen LogP contribution in [0.3, 0.4) is 0 Å². The highest BCUT2D eigenvalue weighted by atomic mass is 16.2. The summed E-state index contributed by atoms with van der Waals surface area (Å²) in [6.45, 7) is 12.5. The fourth-order valence-corrected chi connectivity index (χ4v) is 5.27. The first kappa shape index (κ1) is 18.1. The molecule has 0 unspecified atom stereocenters. The first-order chi connectivity index (χ1) is 12.8. The quantitative estimate of drug-likeness (QED) is 0.804. The average Bonchev–Trinajstić information content (AvgIpc) is 3.17. The van der Waals surface area contributed by atoms with E-state index in [1.54, 1.807) is 0 Å². The van der Waals surface area contributed by atoms with E-state index >= 15 is 0 Å². The smallest absolute Gasteiger partial charge is 0.247 e. The van der Waals surface area contributed by atoms with Crippen LogP contribution in [-0.2, 0) is 15.0 Å². The molecule has 5 nitrogen and oxygen atoms in total. The van der Waals surface area contributed by atoms with E-state index in [0.717, 1.165) is 12.1 Å². The van der Waals surface area contributed by atoms with Crippen LogP contribution < -0.4 is 10.6 Å². The van der Waals surface area contributed by atoms with Crippen molar-refractivity contribution >= 4 is 17.5 Å². The molecule has 2 N–H and O–H groups in total. The molecule has 2 saturated heterocycles. The second kappa shape index (κ2) is 5.85. The highest BCUT2D eigenvalue weighted by molar-refractivity contribution is 5.99. The zero-order chi connectivity index (χ0) is 19.6. The molecular formula is C22H29N3O2. The topological polar surface area (TPSA) is 61.4 Å². The summed E-state index contributed by atoms with van der Waals surface area (Å²) in [4.78, 5) is 28.3. The van der Waals surface area contributed by atoms with E-state index < -0.39 is 12.1 Å². The van der Waals surface area contributed by atoms with Gasteiger partial charge in [-0.05, 0) is 29.4 Å². The maximum absolute atomic E-state index is 13.4. The Hall–Kier alpha value is -2.30. The molecule has 3 aliphatic heterocycles. The first-order valence-electron chi connectivity index (χ1n) is 9.90. The Kier molecular flexibility index (Phi) is 3.92. The van der Waals surface area contributed by atoms with Crippen molar-refractivity contribution in [3.05, 3.63) is 42.5 Å². The summed E-state index contributed by atoms with van der Waals surface area (Å²) in [5.41, 5.74) is 1.55. The number of hydrogen-bond acceptors (Lipinski definition) is 3. The number of amides is 2. The Morgan fingerprint density at radius 3 is 2.70 bits per heavy atom. The fourth-order valence-electron chi connectivity index (χ4n) is 5.27. The van der Waals surface area contributed by atoms with Gasteiger partial charge in [0.05, 0.1) is 0 Å². The maximum Gasteiger partial charge on any atom is 0.247 e. The van der Waals surface area contributed by atoms with E-state index in [4.69, 9.17) is 0 Å². The van der Waals surface area contributed by atoms with Crippen LogP contribution >= 0.6 is 0 Å². The minimum Gasteiger partial charge on any atom is -0.364 e. The summed E-state index contributed by atoms with van der Waals surface area (Å²) >= 11 is 0. The van der Waals surface area contributed by atoms with E-state index in [1.165, 1.54) is 5.56 Å². The van der Waals surface area contributed by atoms with Gasteiger partial charge >= 0.3 is 0 Å². The van der Waals surface area contributed by atoms with E-state index in [1.807, 2.05) is 30.0 Å². The summed E-state index contributed by atoms with van der Waals surface area (Å²) in [5.74, 6) is 0.0994. The maximum atomic E-state index is 13.4. The van der Waals surface area contributed by atoms with Crippen LogP contribution in [0.5, 0.6) is 0 Å². The second-order valence-corrected chi connectivity index (χ2v) is 8.83. The van der Waals surface area contributed by atoms with Crippen molar-refractivity contribution in [2.75, 3.05) is 5.32 Å². The molecule has 0 spiro atoms. The summed E-state index contributed by atoms with van der Waals surface area (Å²) in [7, 11) is 0. The normalized spacial score (nSPS) is 32.9. The second-order valence-electron chi connectivity index (χ2n) is 8.83. The third-order valence-electron chi connectivity index (χ3n) is 7.29. The van der Waals surface area contributed by atoms with Gasteiger partial charge in [0.1, 0.15) is 18.2 Å². The van der Waals surface area contributed by atoms with Gasteiger partial charge < -0.3 is 15.5 Å². The van der Waals surface area contributed by atoms with Gasteiger partial charge in [0, 0.05) is 11.1 Å². The largest absolute Gasteiger partial charge is 0.364 e. The predicted molar refractivity (Wildman–Crippen MR) is 106 cm³/mol. The zero-order valence-electron chi connectivity index (χ0n) is 16.6. The van der Waals surface area contributed by atoms with Crippen LogP contribution in [0.15, 0.2) is 36.9 Å². The van der Waals surface area contributed by atoms with Gasteiger partial charge in [-0.1, -0.05) is 58.4 Å². The molecule has 0 saturated carbocycles. The van der Waals surface area contributed by atoms with Gasteiger partial charge in [-0.3, -0.25) is 9.59 Å².